The van der Waals surface area contributed by atoms with Crippen molar-refractivity contribution >= 4 is 35.0 Å². The zero-order chi connectivity index (χ0) is 21.5. The van der Waals surface area contributed by atoms with Crippen LogP contribution < -0.4 is 5.32 Å². The van der Waals surface area contributed by atoms with Crippen molar-refractivity contribution in [2.75, 3.05) is 32.8 Å². The molecular weight excluding hydrogens is 426 g/mol. The first kappa shape index (κ1) is 22.6. The van der Waals surface area contributed by atoms with Crippen molar-refractivity contribution in [3.8, 4) is 0 Å². The van der Waals surface area contributed by atoms with Gasteiger partial charge in [-0.15, -0.1) is 11.8 Å². The lowest BCUT2D eigenvalue weighted by atomic mass is 10.0. The summed E-state index contributed by atoms with van der Waals surface area (Å²) in [6.45, 7) is 5.12. The monoisotopic (exact) mass is 449 g/mol. The van der Waals surface area contributed by atoms with Gasteiger partial charge in [0, 0.05) is 41.7 Å². The van der Waals surface area contributed by atoms with Crippen molar-refractivity contribution < 1.29 is 14.5 Å². The minimum atomic E-state index is -0.439. The molecular formula is C21H24ClN3O4S. The number of carbonyl (C=O) groups excluding carboxylic acids is 1. The lowest BCUT2D eigenvalue weighted by Gasteiger charge is -2.35. The van der Waals surface area contributed by atoms with E-state index in [1.54, 1.807) is 12.1 Å². The van der Waals surface area contributed by atoms with Crippen molar-refractivity contribution in [2.24, 2.45) is 0 Å². The number of nitrogens with one attached hydrogen (secondary N) is 1. The van der Waals surface area contributed by atoms with Crippen molar-refractivity contribution in [3.05, 3.63) is 69.2 Å². The van der Waals surface area contributed by atoms with Crippen LogP contribution in [0.15, 0.2) is 53.4 Å². The van der Waals surface area contributed by atoms with E-state index in [9.17, 15) is 14.9 Å². The number of thioether (sulfide) groups is 1. The third kappa shape index (κ3) is 5.95. The molecule has 1 amide bonds. The molecule has 2 aromatic rings. The van der Waals surface area contributed by atoms with Gasteiger partial charge in [-0.25, -0.2) is 0 Å². The highest BCUT2D eigenvalue weighted by Gasteiger charge is 2.26. The van der Waals surface area contributed by atoms with Gasteiger partial charge in [-0.2, -0.15) is 0 Å². The second-order valence-electron chi connectivity index (χ2n) is 6.94. The third-order valence-electron chi connectivity index (χ3n) is 4.95. The van der Waals surface area contributed by atoms with Crippen molar-refractivity contribution in [1.82, 2.24) is 10.2 Å². The molecule has 1 N–H and O–H groups in total. The van der Waals surface area contributed by atoms with Crippen molar-refractivity contribution in [2.45, 2.75) is 23.1 Å². The number of nitro benzene ring substituents is 1. The first-order valence-corrected chi connectivity index (χ1v) is 11.0. The van der Waals surface area contributed by atoms with Gasteiger partial charge in [0.2, 0.25) is 5.91 Å². The van der Waals surface area contributed by atoms with E-state index in [0.29, 0.717) is 24.8 Å². The van der Waals surface area contributed by atoms with Gasteiger partial charge in [-0.1, -0.05) is 29.8 Å². The molecule has 2 aromatic carbocycles. The fourth-order valence-corrected chi connectivity index (χ4v) is 4.47. The Hall–Kier alpha value is -2.13. The Balaban J connectivity index is 1.63. The van der Waals surface area contributed by atoms with Crippen LogP contribution in [0.5, 0.6) is 0 Å². The number of amides is 1. The Morgan fingerprint density at radius 2 is 1.90 bits per heavy atom. The number of morpholine rings is 1. The second-order valence-corrected chi connectivity index (χ2v) is 8.76. The minimum absolute atomic E-state index is 0.0320. The van der Waals surface area contributed by atoms with Crippen LogP contribution in [-0.4, -0.2) is 53.8 Å². The first-order chi connectivity index (χ1) is 14.5. The van der Waals surface area contributed by atoms with Crippen LogP contribution in [-0.2, 0) is 9.53 Å². The first-order valence-electron chi connectivity index (χ1n) is 9.70. The number of rotatable bonds is 8. The normalized spacial score (nSPS) is 16.6. The maximum Gasteiger partial charge on any atom is 0.269 e. The lowest BCUT2D eigenvalue weighted by Crippen LogP contribution is -2.45. The Labute approximate surface area is 184 Å². The van der Waals surface area contributed by atoms with E-state index in [1.807, 2.05) is 31.2 Å². The van der Waals surface area contributed by atoms with E-state index in [0.717, 1.165) is 23.5 Å². The maximum atomic E-state index is 12.7. The predicted molar refractivity (Wildman–Crippen MR) is 118 cm³/mol. The van der Waals surface area contributed by atoms with Crippen LogP contribution in [0, 0.1) is 10.1 Å². The molecule has 1 heterocycles. The topological polar surface area (TPSA) is 84.7 Å². The summed E-state index contributed by atoms with van der Waals surface area (Å²) >= 11 is 7.80. The summed E-state index contributed by atoms with van der Waals surface area (Å²) in [5.74, 6) is -0.0938. The van der Waals surface area contributed by atoms with Crippen LogP contribution in [0.25, 0.3) is 0 Å². The predicted octanol–water partition coefficient (Wildman–Crippen LogP) is 3.92. The summed E-state index contributed by atoms with van der Waals surface area (Å²) in [4.78, 5) is 26.1. The summed E-state index contributed by atoms with van der Waals surface area (Å²) in [6, 6.07) is 13.9. The van der Waals surface area contributed by atoms with Gasteiger partial charge in [0.15, 0.2) is 0 Å². The van der Waals surface area contributed by atoms with E-state index in [1.165, 1.54) is 23.9 Å². The summed E-state index contributed by atoms with van der Waals surface area (Å²) in [6.07, 6.45) is 0. The molecule has 0 aliphatic carbocycles. The number of hydrogen-bond acceptors (Lipinski definition) is 6. The quantitative estimate of drug-likeness (QED) is 0.373. The standard InChI is InChI=1S/C21H24ClN3O4S/c1-15(30-17-8-6-16(7-9-17)25(27)28)21(26)23-14-20(24-10-12-29-13-11-24)18-4-2-3-5-19(18)22/h2-9,15,20H,10-14H2,1H3,(H,23,26). The molecule has 30 heavy (non-hydrogen) atoms. The van der Waals surface area contributed by atoms with Gasteiger partial charge >= 0.3 is 0 Å². The molecule has 2 unspecified atom stereocenters. The molecule has 1 saturated heterocycles. The molecule has 1 fully saturated rings. The summed E-state index contributed by atoms with van der Waals surface area (Å²) in [7, 11) is 0. The summed E-state index contributed by atoms with van der Waals surface area (Å²) in [5, 5.41) is 14.2. The van der Waals surface area contributed by atoms with Crippen LogP contribution in [0.2, 0.25) is 5.02 Å². The molecule has 0 bridgehead atoms. The van der Waals surface area contributed by atoms with E-state index in [4.69, 9.17) is 16.3 Å². The molecule has 1 aliphatic rings. The highest BCUT2D eigenvalue weighted by Crippen LogP contribution is 2.29. The van der Waals surface area contributed by atoms with Gasteiger partial charge < -0.3 is 10.1 Å². The van der Waals surface area contributed by atoms with Gasteiger partial charge in [0.25, 0.3) is 5.69 Å². The fourth-order valence-electron chi connectivity index (χ4n) is 3.32. The maximum absolute atomic E-state index is 12.7. The third-order valence-corrected chi connectivity index (χ3v) is 6.41. The molecule has 0 saturated carbocycles. The smallest absolute Gasteiger partial charge is 0.269 e. The number of benzene rings is 2. The van der Waals surface area contributed by atoms with E-state index >= 15 is 0 Å². The zero-order valence-electron chi connectivity index (χ0n) is 16.6. The number of hydrogen-bond donors (Lipinski definition) is 1. The Morgan fingerprint density at radius 3 is 2.53 bits per heavy atom. The number of nitro groups is 1. The van der Waals surface area contributed by atoms with E-state index in [-0.39, 0.29) is 22.9 Å². The molecule has 7 nitrogen and oxygen atoms in total. The molecule has 0 aromatic heterocycles. The van der Waals surface area contributed by atoms with Gasteiger partial charge in [-0.05, 0) is 30.7 Å². The van der Waals surface area contributed by atoms with Crippen LogP contribution >= 0.6 is 23.4 Å². The second kappa shape index (κ2) is 10.8. The molecule has 2 atom stereocenters. The molecule has 0 radical (unpaired) electrons. The molecule has 9 heteroatoms. The van der Waals surface area contributed by atoms with E-state index in [2.05, 4.69) is 10.2 Å². The van der Waals surface area contributed by atoms with Crippen LogP contribution in [0.4, 0.5) is 5.69 Å². The van der Waals surface area contributed by atoms with Gasteiger partial charge in [0.1, 0.15) is 0 Å². The average molecular weight is 450 g/mol. The number of nitrogens with zero attached hydrogens (tertiary/aromatic N) is 2. The number of carbonyl (C=O) groups is 1. The average Bonchev–Trinajstić information content (AvgIpc) is 2.76. The van der Waals surface area contributed by atoms with Crippen LogP contribution in [0.3, 0.4) is 0 Å². The zero-order valence-corrected chi connectivity index (χ0v) is 18.2. The van der Waals surface area contributed by atoms with Crippen LogP contribution in [0.1, 0.15) is 18.5 Å². The van der Waals surface area contributed by atoms with Gasteiger partial charge in [0.05, 0.1) is 29.4 Å². The molecule has 0 spiro atoms. The summed E-state index contributed by atoms with van der Waals surface area (Å²) in [5.41, 5.74) is 1.02. The number of ether oxygens (including phenoxy) is 1. The van der Waals surface area contributed by atoms with Crippen molar-refractivity contribution in [3.63, 3.8) is 0 Å². The molecule has 3 rings (SSSR count). The number of non-ortho nitro benzene ring substituents is 1. The minimum Gasteiger partial charge on any atom is -0.379 e. The Kier molecular flexibility index (Phi) is 8.09. The number of halogens is 1. The van der Waals surface area contributed by atoms with Gasteiger partial charge in [-0.3, -0.25) is 19.8 Å². The summed E-state index contributed by atoms with van der Waals surface area (Å²) < 4.78 is 5.46. The highest BCUT2D eigenvalue weighted by molar-refractivity contribution is 8.00. The molecule has 1 aliphatic heterocycles. The lowest BCUT2D eigenvalue weighted by molar-refractivity contribution is -0.384. The fraction of sp³-hybridized carbons (Fsp3) is 0.381. The van der Waals surface area contributed by atoms with E-state index < -0.39 is 4.92 Å². The SMILES string of the molecule is CC(Sc1ccc([N+](=O)[O-])cc1)C(=O)NCC(c1ccccc1Cl)N1CCOCC1. The Bertz CT molecular complexity index is 875. The largest absolute Gasteiger partial charge is 0.379 e. The molecule has 160 valence electrons. The Morgan fingerprint density at radius 1 is 1.23 bits per heavy atom. The highest BCUT2D eigenvalue weighted by atomic mass is 35.5. The van der Waals surface area contributed by atoms with Crippen molar-refractivity contribution in [1.29, 1.82) is 0 Å².